The standard InChI is InChI=1S/C25H28ClFN6/c1-17-14-19(7-8-21(17)27)22-15-23(30-25(29-22)31-10-3-4-11-31)33-13-12-32(16-18(33)2)24-20(26)6-5-9-28-24/h5-9,14-15,18H,3-4,10-13,16H2,1-2H3/t18-/m1/s1. The number of halogens is 2. The number of piperazine rings is 1. The molecule has 1 aromatic carbocycles. The van der Waals surface area contributed by atoms with Gasteiger partial charge in [0.25, 0.3) is 0 Å². The molecule has 0 bridgehead atoms. The summed E-state index contributed by atoms with van der Waals surface area (Å²) < 4.78 is 13.9. The van der Waals surface area contributed by atoms with Crippen LogP contribution in [-0.4, -0.2) is 53.7 Å². The van der Waals surface area contributed by atoms with Crippen LogP contribution in [0.3, 0.4) is 0 Å². The van der Waals surface area contributed by atoms with Crippen LogP contribution in [-0.2, 0) is 0 Å². The van der Waals surface area contributed by atoms with Crippen LogP contribution in [0.15, 0.2) is 42.6 Å². The minimum atomic E-state index is -0.203. The van der Waals surface area contributed by atoms with Crippen LogP contribution in [0.5, 0.6) is 0 Å². The van der Waals surface area contributed by atoms with E-state index in [4.69, 9.17) is 21.6 Å². The number of benzene rings is 1. The Kier molecular flexibility index (Phi) is 6.06. The van der Waals surface area contributed by atoms with Gasteiger partial charge in [-0.3, -0.25) is 0 Å². The molecule has 2 aliphatic rings. The highest BCUT2D eigenvalue weighted by Crippen LogP contribution is 2.31. The van der Waals surface area contributed by atoms with Gasteiger partial charge in [0.2, 0.25) is 5.95 Å². The van der Waals surface area contributed by atoms with E-state index in [-0.39, 0.29) is 11.9 Å². The zero-order valence-electron chi connectivity index (χ0n) is 19.0. The van der Waals surface area contributed by atoms with E-state index >= 15 is 0 Å². The molecule has 0 radical (unpaired) electrons. The summed E-state index contributed by atoms with van der Waals surface area (Å²) in [5, 5.41) is 0.672. The van der Waals surface area contributed by atoms with Gasteiger partial charge in [-0.2, -0.15) is 4.98 Å². The van der Waals surface area contributed by atoms with Crippen molar-refractivity contribution in [1.82, 2.24) is 15.0 Å². The van der Waals surface area contributed by atoms with E-state index in [0.717, 1.165) is 74.4 Å². The Hall–Kier alpha value is -2.93. The normalized spacial score (nSPS) is 18.8. The summed E-state index contributed by atoms with van der Waals surface area (Å²) in [4.78, 5) is 21.1. The largest absolute Gasteiger partial charge is 0.352 e. The summed E-state index contributed by atoms with van der Waals surface area (Å²) in [5.74, 6) is 2.28. The topological polar surface area (TPSA) is 48.4 Å². The molecule has 2 saturated heterocycles. The molecular weight excluding hydrogens is 439 g/mol. The summed E-state index contributed by atoms with van der Waals surface area (Å²) in [6.45, 7) is 8.31. The minimum absolute atomic E-state index is 0.203. The summed E-state index contributed by atoms with van der Waals surface area (Å²) in [6.07, 6.45) is 4.08. The summed E-state index contributed by atoms with van der Waals surface area (Å²) in [7, 11) is 0. The lowest BCUT2D eigenvalue weighted by molar-refractivity contribution is 0.542. The predicted molar refractivity (Wildman–Crippen MR) is 132 cm³/mol. The number of pyridine rings is 1. The zero-order chi connectivity index (χ0) is 22.9. The second-order valence-electron chi connectivity index (χ2n) is 8.87. The molecule has 33 heavy (non-hydrogen) atoms. The Bertz CT molecular complexity index is 1150. The molecule has 0 N–H and O–H groups in total. The van der Waals surface area contributed by atoms with Gasteiger partial charge in [-0.25, -0.2) is 14.4 Å². The van der Waals surface area contributed by atoms with Gasteiger partial charge in [-0.15, -0.1) is 0 Å². The Labute approximate surface area is 199 Å². The Balaban J connectivity index is 1.47. The average Bonchev–Trinajstić information content (AvgIpc) is 3.36. The second kappa shape index (κ2) is 9.14. The quantitative estimate of drug-likeness (QED) is 0.542. The maximum Gasteiger partial charge on any atom is 0.227 e. The van der Waals surface area contributed by atoms with Crippen molar-refractivity contribution >= 4 is 29.2 Å². The third-order valence-electron chi connectivity index (χ3n) is 6.50. The molecule has 0 amide bonds. The molecule has 2 fully saturated rings. The monoisotopic (exact) mass is 466 g/mol. The van der Waals surface area contributed by atoms with Crippen LogP contribution in [0.4, 0.5) is 22.0 Å². The first-order valence-corrected chi connectivity index (χ1v) is 11.9. The van der Waals surface area contributed by atoms with Crippen molar-refractivity contribution in [2.45, 2.75) is 32.7 Å². The fraction of sp³-hybridized carbons (Fsp3) is 0.400. The molecule has 0 aliphatic carbocycles. The summed E-state index contributed by atoms with van der Waals surface area (Å²) in [6, 6.07) is 11.1. The van der Waals surface area contributed by atoms with Crippen LogP contribution in [0, 0.1) is 12.7 Å². The third kappa shape index (κ3) is 4.47. The Morgan fingerprint density at radius 1 is 1.00 bits per heavy atom. The lowest BCUT2D eigenvalue weighted by Crippen LogP contribution is -2.52. The first-order valence-electron chi connectivity index (χ1n) is 11.5. The maximum absolute atomic E-state index is 13.9. The minimum Gasteiger partial charge on any atom is -0.352 e. The van der Waals surface area contributed by atoms with E-state index in [1.54, 1.807) is 19.2 Å². The number of hydrogen-bond donors (Lipinski definition) is 0. The van der Waals surface area contributed by atoms with E-state index in [9.17, 15) is 4.39 Å². The van der Waals surface area contributed by atoms with Crippen LogP contribution in [0.1, 0.15) is 25.3 Å². The van der Waals surface area contributed by atoms with Crippen molar-refractivity contribution in [3.05, 3.63) is 59.0 Å². The fourth-order valence-electron chi connectivity index (χ4n) is 4.68. The number of anilines is 3. The Morgan fingerprint density at radius 3 is 2.55 bits per heavy atom. The van der Waals surface area contributed by atoms with Crippen LogP contribution in [0.2, 0.25) is 5.02 Å². The van der Waals surface area contributed by atoms with Crippen LogP contribution in [0.25, 0.3) is 11.3 Å². The third-order valence-corrected chi connectivity index (χ3v) is 6.80. The van der Waals surface area contributed by atoms with Crippen LogP contribution < -0.4 is 14.7 Å². The average molecular weight is 467 g/mol. The lowest BCUT2D eigenvalue weighted by atomic mass is 10.1. The molecule has 6 nitrogen and oxygen atoms in total. The van der Waals surface area contributed by atoms with E-state index in [1.165, 1.54) is 6.07 Å². The van der Waals surface area contributed by atoms with Gasteiger partial charge in [0.15, 0.2) is 0 Å². The molecule has 0 spiro atoms. The molecule has 8 heteroatoms. The van der Waals surface area contributed by atoms with Crippen molar-refractivity contribution in [2.75, 3.05) is 47.4 Å². The van der Waals surface area contributed by atoms with E-state index < -0.39 is 0 Å². The van der Waals surface area contributed by atoms with Crippen molar-refractivity contribution in [3.63, 3.8) is 0 Å². The van der Waals surface area contributed by atoms with Crippen molar-refractivity contribution in [1.29, 1.82) is 0 Å². The first-order chi connectivity index (χ1) is 16.0. The van der Waals surface area contributed by atoms with Crippen molar-refractivity contribution < 1.29 is 4.39 Å². The molecule has 0 saturated carbocycles. The summed E-state index contributed by atoms with van der Waals surface area (Å²) >= 11 is 6.39. The highest BCUT2D eigenvalue weighted by Gasteiger charge is 2.28. The van der Waals surface area contributed by atoms with E-state index in [0.29, 0.717) is 10.6 Å². The molecule has 2 aliphatic heterocycles. The van der Waals surface area contributed by atoms with Gasteiger partial charge in [-0.05, 0) is 62.6 Å². The van der Waals surface area contributed by atoms with Gasteiger partial charge >= 0.3 is 0 Å². The molecule has 5 rings (SSSR count). The number of aryl methyl sites for hydroxylation is 1. The van der Waals surface area contributed by atoms with Crippen molar-refractivity contribution in [3.8, 4) is 11.3 Å². The smallest absolute Gasteiger partial charge is 0.227 e. The zero-order valence-corrected chi connectivity index (χ0v) is 19.8. The van der Waals surface area contributed by atoms with Crippen molar-refractivity contribution in [2.24, 2.45) is 0 Å². The SMILES string of the molecule is Cc1cc(-c2cc(N3CCN(c4ncccc4Cl)C[C@H]3C)nc(N3CCCC3)n2)ccc1F. The highest BCUT2D eigenvalue weighted by atomic mass is 35.5. The fourth-order valence-corrected chi connectivity index (χ4v) is 4.92. The van der Waals surface area contributed by atoms with Gasteiger partial charge in [-0.1, -0.05) is 11.6 Å². The highest BCUT2D eigenvalue weighted by molar-refractivity contribution is 6.32. The molecular formula is C25H28ClFN6. The van der Waals surface area contributed by atoms with E-state index in [2.05, 4.69) is 26.6 Å². The summed E-state index contributed by atoms with van der Waals surface area (Å²) in [5.41, 5.74) is 2.35. The first kappa shape index (κ1) is 21.9. The lowest BCUT2D eigenvalue weighted by Gasteiger charge is -2.41. The number of rotatable bonds is 4. The van der Waals surface area contributed by atoms with Gasteiger partial charge in [0.1, 0.15) is 17.5 Å². The van der Waals surface area contributed by atoms with Gasteiger partial charge in [0.05, 0.1) is 10.7 Å². The molecule has 1 atom stereocenters. The Morgan fingerprint density at radius 2 is 1.82 bits per heavy atom. The second-order valence-corrected chi connectivity index (χ2v) is 9.27. The number of nitrogens with zero attached hydrogens (tertiary/aromatic N) is 6. The predicted octanol–water partition coefficient (Wildman–Crippen LogP) is 4.95. The molecule has 0 unspecified atom stereocenters. The van der Waals surface area contributed by atoms with E-state index in [1.807, 2.05) is 24.3 Å². The van der Waals surface area contributed by atoms with Gasteiger partial charge < -0.3 is 14.7 Å². The van der Waals surface area contributed by atoms with Gasteiger partial charge in [0, 0.05) is 56.6 Å². The van der Waals surface area contributed by atoms with Crippen LogP contribution >= 0.6 is 11.6 Å². The number of aromatic nitrogens is 3. The molecule has 2 aromatic heterocycles. The molecule has 172 valence electrons. The maximum atomic E-state index is 13.9. The number of hydrogen-bond acceptors (Lipinski definition) is 6. The molecule has 3 aromatic rings. The molecule has 4 heterocycles.